The Bertz CT molecular complexity index is 37.5. The highest BCUT2D eigenvalue weighted by molar-refractivity contribution is 7.80. The van der Waals surface area contributed by atoms with Gasteiger partial charge in [0.25, 0.3) is 0 Å². The highest BCUT2D eigenvalue weighted by Gasteiger charge is 1.84. The zero-order valence-corrected chi connectivity index (χ0v) is 6.45. The van der Waals surface area contributed by atoms with Crippen molar-refractivity contribution in [2.75, 3.05) is 6.61 Å². The van der Waals surface area contributed by atoms with Crippen LogP contribution < -0.4 is 0 Å². The molecule has 2 heteroatoms. The van der Waals surface area contributed by atoms with Crippen molar-refractivity contribution in [2.45, 2.75) is 19.3 Å². The fourth-order valence-electron chi connectivity index (χ4n) is 0.241. The van der Waals surface area contributed by atoms with E-state index in [1.54, 1.807) is 0 Å². The molecule has 0 radical (unpaired) electrons. The van der Waals surface area contributed by atoms with Gasteiger partial charge in [-0.3, -0.25) is 0 Å². The maximum Gasteiger partial charge on any atom is 0.0971 e. The lowest BCUT2D eigenvalue weighted by Crippen LogP contribution is -1.96. The molecule has 0 N–H and O–H groups in total. The summed E-state index contributed by atoms with van der Waals surface area (Å²) in [5.41, 5.74) is 0.0926. The minimum atomic E-state index is 0.0926. The number of thiol groups is 1. The van der Waals surface area contributed by atoms with Crippen molar-refractivity contribution < 1.29 is 4.74 Å². The third-order valence-electron chi connectivity index (χ3n) is 0.408. The number of rotatable bonds is 2. The topological polar surface area (TPSA) is 9.23 Å². The highest BCUT2D eigenvalue weighted by Crippen LogP contribution is 1.91. The van der Waals surface area contributed by atoms with Crippen LogP contribution in [-0.2, 0) is 4.74 Å². The lowest BCUT2D eigenvalue weighted by atomic mass is 10.8. The van der Waals surface area contributed by atoms with E-state index in [2.05, 4.69) is 25.8 Å². The van der Waals surface area contributed by atoms with Gasteiger partial charge in [-0.15, -0.1) is 25.8 Å². The van der Waals surface area contributed by atoms with Gasteiger partial charge in [-0.05, 0) is 13.8 Å². The monoisotopic (exact) mass is 134 g/mol. The average Bonchev–Trinajstić information content (AvgIpc) is 1.72. The lowest BCUT2D eigenvalue weighted by molar-refractivity contribution is 0.138. The highest BCUT2D eigenvalue weighted by atomic mass is 32.1. The molecule has 0 aliphatic heterocycles. The minimum Gasteiger partial charge on any atom is -0.368 e. The van der Waals surface area contributed by atoms with E-state index in [9.17, 15) is 0 Å². The smallest absolute Gasteiger partial charge is 0.0971 e. The molecule has 0 fully saturated rings. The van der Waals surface area contributed by atoms with E-state index in [1.807, 2.05) is 13.8 Å². The van der Waals surface area contributed by atoms with Gasteiger partial charge in [0, 0.05) is 6.61 Å². The van der Waals surface area contributed by atoms with Crippen molar-refractivity contribution in [3.8, 4) is 0 Å². The summed E-state index contributed by atoms with van der Waals surface area (Å²) in [6, 6.07) is 0. The maximum absolute atomic E-state index is 4.91. The molecule has 0 rings (SSSR count). The summed E-state index contributed by atoms with van der Waals surface area (Å²) in [5, 5.41) is 0. The van der Waals surface area contributed by atoms with Crippen LogP contribution in [0.2, 0.25) is 0 Å². The molecule has 0 bridgehead atoms. The fraction of sp³-hybridized carbons (Fsp3) is 0.667. The molecular weight excluding hydrogens is 120 g/mol. The van der Waals surface area contributed by atoms with Crippen molar-refractivity contribution in [2.24, 2.45) is 0 Å². The van der Waals surface area contributed by atoms with E-state index in [0.717, 1.165) is 6.61 Å². The van der Waals surface area contributed by atoms with Gasteiger partial charge < -0.3 is 4.74 Å². The molecule has 1 nitrogen and oxygen atoms in total. The predicted octanol–water partition coefficient (Wildman–Crippen LogP) is 2.10. The molecule has 0 aliphatic rings. The first-order valence-corrected chi connectivity index (χ1v) is 3.08. The Morgan fingerprint density at radius 3 is 2.00 bits per heavy atom. The standard InChI is InChI=1S/C4H10OS.C2H4/c1-3-5-4(2)6;1-2/h4,6H,3H2,1-2H3;1-2H2. The Morgan fingerprint density at radius 1 is 1.62 bits per heavy atom. The summed E-state index contributed by atoms with van der Waals surface area (Å²) in [6.45, 7) is 10.6. The van der Waals surface area contributed by atoms with Gasteiger partial charge in [-0.2, -0.15) is 0 Å². The maximum atomic E-state index is 4.91. The van der Waals surface area contributed by atoms with Crippen LogP contribution >= 0.6 is 12.6 Å². The molecule has 0 spiro atoms. The van der Waals surface area contributed by atoms with Crippen LogP contribution in [0.25, 0.3) is 0 Å². The molecule has 1 atom stereocenters. The largest absolute Gasteiger partial charge is 0.368 e. The van der Waals surface area contributed by atoms with Crippen LogP contribution in [0.15, 0.2) is 13.2 Å². The van der Waals surface area contributed by atoms with E-state index in [0.29, 0.717) is 0 Å². The van der Waals surface area contributed by atoms with Crippen molar-refractivity contribution >= 4 is 12.6 Å². The normalized spacial score (nSPS) is 11.4. The summed E-state index contributed by atoms with van der Waals surface area (Å²) >= 11 is 3.96. The zero-order chi connectivity index (χ0) is 6.99. The molecule has 0 aromatic rings. The SMILES string of the molecule is C=C.CCOC(C)S. The first kappa shape index (κ1) is 10.9. The van der Waals surface area contributed by atoms with Gasteiger partial charge >= 0.3 is 0 Å². The lowest BCUT2D eigenvalue weighted by Gasteiger charge is -1.99. The molecule has 50 valence electrons. The molecule has 0 aromatic heterocycles. The Kier molecular flexibility index (Phi) is 13.8. The van der Waals surface area contributed by atoms with Gasteiger partial charge in [-0.25, -0.2) is 0 Å². The van der Waals surface area contributed by atoms with Crippen molar-refractivity contribution in [1.82, 2.24) is 0 Å². The molecule has 8 heavy (non-hydrogen) atoms. The van der Waals surface area contributed by atoms with E-state index < -0.39 is 0 Å². The Balaban J connectivity index is 0. The average molecular weight is 134 g/mol. The predicted molar refractivity (Wildman–Crippen MR) is 41.3 cm³/mol. The number of hydrogen-bond acceptors (Lipinski definition) is 2. The zero-order valence-electron chi connectivity index (χ0n) is 5.55. The van der Waals surface area contributed by atoms with E-state index in [1.165, 1.54) is 0 Å². The quantitative estimate of drug-likeness (QED) is 0.346. The second kappa shape index (κ2) is 10.1. The molecule has 0 heterocycles. The first-order valence-electron chi connectivity index (χ1n) is 2.57. The second-order valence-electron chi connectivity index (χ2n) is 1.05. The molecule has 0 aliphatic carbocycles. The van der Waals surface area contributed by atoms with Crippen LogP contribution in [0.3, 0.4) is 0 Å². The van der Waals surface area contributed by atoms with Crippen LogP contribution in [0, 0.1) is 0 Å². The summed E-state index contributed by atoms with van der Waals surface area (Å²) < 4.78 is 4.91. The van der Waals surface area contributed by atoms with Gasteiger partial charge in [0.15, 0.2) is 0 Å². The van der Waals surface area contributed by atoms with E-state index >= 15 is 0 Å². The molecule has 0 aromatic carbocycles. The van der Waals surface area contributed by atoms with Gasteiger partial charge in [0.2, 0.25) is 0 Å². The van der Waals surface area contributed by atoms with Crippen LogP contribution in [0.1, 0.15) is 13.8 Å². The van der Waals surface area contributed by atoms with Gasteiger partial charge in [0.1, 0.15) is 0 Å². The van der Waals surface area contributed by atoms with Gasteiger partial charge in [-0.1, -0.05) is 0 Å². The van der Waals surface area contributed by atoms with Crippen molar-refractivity contribution in [3.63, 3.8) is 0 Å². The van der Waals surface area contributed by atoms with Gasteiger partial charge in [0.05, 0.1) is 5.44 Å². The molecule has 0 saturated carbocycles. The third kappa shape index (κ3) is 16.6. The summed E-state index contributed by atoms with van der Waals surface area (Å²) in [4.78, 5) is 0. The Hall–Kier alpha value is 0.0500. The number of ether oxygens (including phenoxy) is 1. The fourth-order valence-corrected chi connectivity index (χ4v) is 0.390. The van der Waals surface area contributed by atoms with Crippen LogP contribution in [-0.4, -0.2) is 12.0 Å². The van der Waals surface area contributed by atoms with Crippen LogP contribution in [0.5, 0.6) is 0 Å². The number of hydrogen-bond donors (Lipinski definition) is 1. The molecular formula is C6H14OS. The minimum absolute atomic E-state index is 0.0926. The molecule has 0 amide bonds. The third-order valence-corrected chi connectivity index (χ3v) is 0.557. The second-order valence-corrected chi connectivity index (χ2v) is 1.78. The summed E-state index contributed by atoms with van der Waals surface area (Å²) in [7, 11) is 0. The molecule has 0 saturated heterocycles. The Labute approximate surface area is 57.1 Å². The molecule has 1 unspecified atom stereocenters. The summed E-state index contributed by atoms with van der Waals surface area (Å²) in [5.74, 6) is 0. The van der Waals surface area contributed by atoms with Crippen LogP contribution in [0.4, 0.5) is 0 Å². The summed E-state index contributed by atoms with van der Waals surface area (Å²) in [6.07, 6.45) is 0. The first-order chi connectivity index (χ1) is 3.77. The van der Waals surface area contributed by atoms with Crippen molar-refractivity contribution in [3.05, 3.63) is 13.2 Å². The van der Waals surface area contributed by atoms with E-state index in [4.69, 9.17) is 4.74 Å². The Morgan fingerprint density at radius 2 is 2.00 bits per heavy atom. The van der Waals surface area contributed by atoms with Crippen molar-refractivity contribution in [1.29, 1.82) is 0 Å². The van der Waals surface area contributed by atoms with E-state index in [-0.39, 0.29) is 5.44 Å².